The van der Waals surface area contributed by atoms with E-state index in [2.05, 4.69) is 36.4 Å². The van der Waals surface area contributed by atoms with Gasteiger partial charge in [-0.2, -0.15) is 0 Å². The molecule has 12 heteroatoms. The molecule has 0 aliphatic rings. The van der Waals surface area contributed by atoms with E-state index in [9.17, 15) is 0 Å². The lowest BCUT2D eigenvalue weighted by atomic mass is 9.92. The van der Waals surface area contributed by atoms with Crippen LogP contribution in [0.2, 0.25) is 0 Å². The van der Waals surface area contributed by atoms with E-state index in [1.54, 1.807) is 85.3 Å². The molecule has 6 rings (SSSR count). The van der Waals surface area contributed by atoms with Crippen LogP contribution < -0.4 is 56.8 Å². The minimum absolute atomic E-state index is 0.583. The second-order valence-electron chi connectivity index (χ2n) is 16.9. The number of rotatable bonds is 27. The van der Waals surface area contributed by atoms with Crippen molar-refractivity contribution >= 4 is 0 Å². The highest BCUT2D eigenvalue weighted by Crippen LogP contribution is 2.42. The average Bonchev–Trinajstić information content (AvgIpc) is 3.40. The molecular formula is C58H70O12. The summed E-state index contributed by atoms with van der Waals surface area (Å²) in [5.41, 5.74) is 12.0. The van der Waals surface area contributed by atoms with Crippen LogP contribution in [-0.4, -0.2) is 85.3 Å². The SMILES string of the molecule is COc1cc(CCc2cc(CCc3cc(CCc4cc(OC)c(OC)c(OC)c4)cc(CCc4cc(OC)c(OC)c(OC)c4)c3)cc(CCc3cc(OC)c(OC)c(OC)c3)c2)cc(OC)c1OC. The van der Waals surface area contributed by atoms with Crippen LogP contribution in [0.3, 0.4) is 0 Å². The summed E-state index contributed by atoms with van der Waals surface area (Å²) < 4.78 is 68.0. The van der Waals surface area contributed by atoms with E-state index >= 15 is 0 Å². The Kier molecular flexibility index (Phi) is 19.1. The van der Waals surface area contributed by atoms with Gasteiger partial charge in [0.15, 0.2) is 46.0 Å². The fourth-order valence-corrected chi connectivity index (χ4v) is 9.11. The summed E-state index contributed by atoms with van der Waals surface area (Å²) in [6.07, 6.45) is 8.17. The van der Waals surface area contributed by atoms with Crippen molar-refractivity contribution < 1.29 is 56.8 Å². The van der Waals surface area contributed by atoms with Crippen LogP contribution in [0.5, 0.6) is 69.0 Å². The Balaban J connectivity index is 1.32. The highest BCUT2D eigenvalue weighted by atomic mass is 16.5. The molecule has 0 saturated carbocycles. The Morgan fingerprint density at radius 3 is 0.386 bits per heavy atom. The molecule has 0 spiro atoms. The fraction of sp³-hybridized carbons (Fsp3) is 0.379. The molecule has 0 amide bonds. The fourth-order valence-electron chi connectivity index (χ4n) is 9.11. The monoisotopic (exact) mass is 958 g/mol. The van der Waals surface area contributed by atoms with Crippen LogP contribution in [0, 0.1) is 0 Å². The molecule has 0 N–H and O–H groups in total. The molecule has 0 aliphatic carbocycles. The maximum absolute atomic E-state index is 5.69. The quantitative estimate of drug-likeness (QED) is 0.0490. The second-order valence-corrected chi connectivity index (χ2v) is 16.9. The molecule has 374 valence electrons. The Labute approximate surface area is 414 Å². The molecule has 0 heterocycles. The minimum Gasteiger partial charge on any atom is -0.493 e. The first-order chi connectivity index (χ1) is 34.1. The third-order valence-corrected chi connectivity index (χ3v) is 12.6. The van der Waals surface area contributed by atoms with E-state index in [0.717, 1.165) is 86.5 Å². The first-order valence-electron chi connectivity index (χ1n) is 23.5. The smallest absolute Gasteiger partial charge is 0.203 e. The third kappa shape index (κ3) is 13.0. The lowest BCUT2D eigenvalue weighted by Crippen LogP contribution is -2.03. The van der Waals surface area contributed by atoms with Crippen molar-refractivity contribution in [2.45, 2.75) is 64.2 Å². The van der Waals surface area contributed by atoms with Gasteiger partial charge in [-0.15, -0.1) is 0 Å². The van der Waals surface area contributed by atoms with Crippen molar-refractivity contribution in [1.82, 2.24) is 0 Å². The molecule has 0 radical (unpaired) electrons. The molecule has 0 fully saturated rings. The van der Waals surface area contributed by atoms with Crippen LogP contribution in [0.4, 0.5) is 0 Å². The molecule has 70 heavy (non-hydrogen) atoms. The van der Waals surface area contributed by atoms with Gasteiger partial charge in [-0.05, 0) is 168 Å². The Morgan fingerprint density at radius 1 is 0.171 bits per heavy atom. The molecule has 0 unspecified atom stereocenters. The first kappa shape index (κ1) is 52.3. The zero-order valence-corrected chi connectivity index (χ0v) is 43.1. The average molecular weight is 959 g/mol. The van der Waals surface area contributed by atoms with Crippen molar-refractivity contribution in [2.75, 3.05) is 85.3 Å². The molecule has 0 aromatic heterocycles. The van der Waals surface area contributed by atoms with Gasteiger partial charge in [-0.25, -0.2) is 0 Å². The van der Waals surface area contributed by atoms with E-state index < -0.39 is 0 Å². The lowest BCUT2D eigenvalue weighted by Gasteiger charge is -2.16. The van der Waals surface area contributed by atoms with E-state index in [1.807, 2.05) is 48.5 Å². The summed E-state index contributed by atoms with van der Waals surface area (Å²) in [6, 6.07) is 30.4. The summed E-state index contributed by atoms with van der Waals surface area (Å²) in [4.78, 5) is 0. The van der Waals surface area contributed by atoms with E-state index in [4.69, 9.17) is 56.8 Å². The zero-order chi connectivity index (χ0) is 50.2. The summed E-state index contributed by atoms with van der Waals surface area (Å²) >= 11 is 0. The van der Waals surface area contributed by atoms with Crippen molar-refractivity contribution in [3.63, 3.8) is 0 Å². The predicted octanol–water partition coefficient (Wildman–Crippen LogP) is 10.7. The van der Waals surface area contributed by atoms with Crippen LogP contribution in [0.25, 0.3) is 0 Å². The first-order valence-corrected chi connectivity index (χ1v) is 23.5. The van der Waals surface area contributed by atoms with Gasteiger partial charge in [0.25, 0.3) is 0 Å². The van der Waals surface area contributed by atoms with Crippen molar-refractivity contribution in [2.24, 2.45) is 0 Å². The van der Waals surface area contributed by atoms with Gasteiger partial charge < -0.3 is 56.8 Å². The van der Waals surface area contributed by atoms with Gasteiger partial charge >= 0.3 is 0 Å². The van der Waals surface area contributed by atoms with E-state index in [1.165, 1.54) is 33.4 Å². The third-order valence-electron chi connectivity index (χ3n) is 12.6. The van der Waals surface area contributed by atoms with Gasteiger partial charge in [0.1, 0.15) is 0 Å². The normalized spacial score (nSPS) is 10.9. The minimum atomic E-state index is 0.583. The highest BCUT2D eigenvalue weighted by molar-refractivity contribution is 5.57. The largest absolute Gasteiger partial charge is 0.493 e. The van der Waals surface area contributed by atoms with Gasteiger partial charge in [-0.3, -0.25) is 0 Å². The number of benzene rings is 6. The molecule has 12 nitrogen and oxygen atoms in total. The summed E-state index contributed by atoms with van der Waals surface area (Å²) in [6.45, 7) is 0. The molecule has 0 saturated heterocycles. The highest BCUT2D eigenvalue weighted by Gasteiger charge is 2.18. The van der Waals surface area contributed by atoms with Crippen molar-refractivity contribution in [3.8, 4) is 69.0 Å². The van der Waals surface area contributed by atoms with Gasteiger partial charge in [0, 0.05) is 0 Å². The van der Waals surface area contributed by atoms with Crippen molar-refractivity contribution in [3.05, 3.63) is 141 Å². The number of hydrogen-bond donors (Lipinski definition) is 0. The maximum atomic E-state index is 5.69. The topological polar surface area (TPSA) is 111 Å². The number of ether oxygens (including phenoxy) is 12. The van der Waals surface area contributed by atoms with E-state index in [0.29, 0.717) is 69.0 Å². The molecule has 0 atom stereocenters. The number of aryl methyl sites for hydroxylation is 10. The Bertz CT molecular complexity index is 2220. The Hall–Kier alpha value is -7.08. The van der Waals surface area contributed by atoms with Crippen LogP contribution in [0.1, 0.15) is 55.6 Å². The maximum Gasteiger partial charge on any atom is 0.203 e. The summed E-state index contributed by atoms with van der Waals surface area (Å²) in [5, 5.41) is 0. The van der Waals surface area contributed by atoms with E-state index in [-0.39, 0.29) is 0 Å². The zero-order valence-electron chi connectivity index (χ0n) is 43.1. The van der Waals surface area contributed by atoms with Crippen LogP contribution in [-0.2, 0) is 64.2 Å². The van der Waals surface area contributed by atoms with Crippen molar-refractivity contribution in [1.29, 1.82) is 0 Å². The molecule has 0 aliphatic heterocycles. The van der Waals surface area contributed by atoms with Gasteiger partial charge in [0.2, 0.25) is 23.0 Å². The summed E-state index contributed by atoms with van der Waals surface area (Å²) in [7, 11) is 19.7. The lowest BCUT2D eigenvalue weighted by molar-refractivity contribution is 0.323. The number of methoxy groups -OCH3 is 12. The van der Waals surface area contributed by atoms with Crippen LogP contribution >= 0.6 is 0 Å². The molecule has 6 aromatic rings. The standard InChI is InChI=1S/C58H70O12/c1-59-47-29-43(30-48(60-2)55(47)67-9)19-15-39-23-37(24-40(27-39)16-20-44-31-49(61-3)56(68-10)50(32-44)62-4)13-14-38-25-41(17-21-45-33-51(63-5)57(69-11)52(34-45)64-6)28-42(26-38)18-22-46-35-53(65-7)58(70-12)54(36-46)66-8/h23-36H,13-22H2,1-12H3. The second kappa shape index (κ2) is 25.5. The molecular weight excluding hydrogens is 889 g/mol. The summed E-state index contributed by atoms with van der Waals surface area (Å²) in [5.74, 6) is 7.48. The van der Waals surface area contributed by atoms with Crippen LogP contribution in [0.15, 0.2) is 84.9 Å². The van der Waals surface area contributed by atoms with Gasteiger partial charge in [0.05, 0.1) is 85.3 Å². The Morgan fingerprint density at radius 2 is 0.286 bits per heavy atom. The predicted molar refractivity (Wildman–Crippen MR) is 274 cm³/mol. The van der Waals surface area contributed by atoms with Gasteiger partial charge in [-0.1, -0.05) is 36.4 Å². The number of hydrogen-bond acceptors (Lipinski definition) is 12. The molecule has 6 aromatic carbocycles. The molecule has 0 bridgehead atoms.